The zero-order chi connectivity index (χ0) is 20.4. The van der Waals surface area contributed by atoms with Crippen LogP contribution in [0.15, 0.2) is 41.0 Å². The molecule has 0 aromatic heterocycles. The van der Waals surface area contributed by atoms with Crippen LogP contribution in [0, 0.1) is 17.1 Å². The van der Waals surface area contributed by atoms with Gasteiger partial charge in [-0.25, -0.2) is 9.18 Å². The van der Waals surface area contributed by atoms with Crippen molar-refractivity contribution in [3.05, 3.63) is 52.4 Å². The summed E-state index contributed by atoms with van der Waals surface area (Å²) in [6, 6.07) is 4.00. The van der Waals surface area contributed by atoms with Gasteiger partial charge in [0.25, 0.3) is 0 Å². The van der Waals surface area contributed by atoms with Gasteiger partial charge in [-0.1, -0.05) is 0 Å². The number of nitrogens with zero attached hydrogens (tertiary/aromatic N) is 1. The van der Waals surface area contributed by atoms with Crippen LogP contribution in [0.5, 0.6) is 5.75 Å². The summed E-state index contributed by atoms with van der Waals surface area (Å²) in [5, 5.41) is 9.39. The van der Waals surface area contributed by atoms with Crippen LogP contribution in [-0.4, -0.2) is 18.9 Å². The molecule has 2 N–H and O–H groups in total. The highest BCUT2D eigenvalue weighted by atomic mass is 19.4. The van der Waals surface area contributed by atoms with Gasteiger partial charge >= 0.3 is 12.3 Å². The van der Waals surface area contributed by atoms with E-state index in [1.165, 1.54) is 6.92 Å². The van der Waals surface area contributed by atoms with Crippen LogP contribution in [0.2, 0.25) is 0 Å². The third kappa shape index (κ3) is 4.49. The lowest BCUT2D eigenvalue weighted by atomic mass is 9.83. The number of alkyl halides is 3. The molecule has 27 heavy (non-hydrogen) atoms. The summed E-state index contributed by atoms with van der Waals surface area (Å²) in [6.07, 6.45) is -5.05. The lowest BCUT2D eigenvalue weighted by Gasteiger charge is -2.27. The highest BCUT2D eigenvalue weighted by Crippen LogP contribution is 2.41. The van der Waals surface area contributed by atoms with Crippen molar-refractivity contribution < 1.29 is 36.6 Å². The Morgan fingerprint density at radius 2 is 2.04 bits per heavy atom. The summed E-state index contributed by atoms with van der Waals surface area (Å²) in [7, 11) is 0. The Balaban J connectivity index is 2.64. The summed E-state index contributed by atoms with van der Waals surface area (Å²) in [5.74, 6) is -4.43. The second-order valence-electron chi connectivity index (χ2n) is 5.38. The minimum Gasteiger partial charge on any atom is -0.463 e. The minimum absolute atomic E-state index is 0.00496. The highest BCUT2D eigenvalue weighted by molar-refractivity contribution is 5.92. The van der Waals surface area contributed by atoms with Gasteiger partial charge in [0.2, 0.25) is 5.88 Å². The summed E-state index contributed by atoms with van der Waals surface area (Å²) < 4.78 is 65.2. The van der Waals surface area contributed by atoms with Gasteiger partial charge in [-0.05, 0) is 31.5 Å². The molecular weight excluding hydrogens is 372 g/mol. The molecule has 2 rings (SSSR count). The van der Waals surface area contributed by atoms with Crippen molar-refractivity contribution in [2.24, 2.45) is 5.73 Å². The van der Waals surface area contributed by atoms with Crippen molar-refractivity contribution in [1.82, 2.24) is 0 Å². The van der Waals surface area contributed by atoms with Gasteiger partial charge < -0.3 is 19.9 Å². The van der Waals surface area contributed by atoms with Crippen molar-refractivity contribution in [1.29, 1.82) is 5.26 Å². The average molecular weight is 386 g/mol. The lowest BCUT2D eigenvalue weighted by Crippen LogP contribution is -2.26. The van der Waals surface area contributed by atoms with Crippen molar-refractivity contribution >= 4 is 5.97 Å². The number of allylic oxidation sites excluding steroid dienone is 2. The molecule has 0 radical (unpaired) electrons. The van der Waals surface area contributed by atoms with Crippen LogP contribution in [-0.2, 0) is 14.3 Å². The van der Waals surface area contributed by atoms with E-state index in [1.54, 1.807) is 13.0 Å². The van der Waals surface area contributed by atoms with E-state index in [0.29, 0.717) is 6.07 Å². The number of carbonyl (C=O) groups is 1. The van der Waals surface area contributed by atoms with Crippen LogP contribution < -0.4 is 10.5 Å². The van der Waals surface area contributed by atoms with E-state index in [1.807, 2.05) is 0 Å². The fourth-order valence-corrected chi connectivity index (χ4v) is 2.63. The van der Waals surface area contributed by atoms with E-state index < -0.39 is 29.8 Å². The van der Waals surface area contributed by atoms with Crippen molar-refractivity contribution in [2.45, 2.75) is 26.1 Å². The molecule has 1 aromatic carbocycles. The van der Waals surface area contributed by atoms with Gasteiger partial charge in [-0.3, -0.25) is 0 Å². The van der Waals surface area contributed by atoms with Crippen molar-refractivity contribution in [2.75, 3.05) is 6.61 Å². The molecule has 0 bridgehead atoms. The Bertz CT molecular complexity index is 869. The Kier molecular flexibility index (Phi) is 5.64. The van der Waals surface area contributed by atoms with E-state index in [4.69, 9.17) is 15.2 Å². The monoisotopic (exact) mass is 386 g/mol. The molecule has 0 fully saturated rings. The Labute approximate surface area is 151 Å². The van der Waals surface area contributed by atoms with E-state index in [2.05, 4.69) is 4.74 Å². The number of hydrogen-bond donors (Lipinski definition) is 1. The normalized spacial score (nSPS) is 17.3. The summed E-state index contributed by atoms with van der Waals surface area (Å²) in [5.41, 5.74) is 5.07. The maximum Gasteiger partial charge on any atom is 0.573 e. The third-order valence-electron chi connectivity index (χ3n) is 3.56. The minimum atomic E-state index is -5.05. The van der Waals surface area contributed by atoms with Crippen molar-refractivity contribution in [3.8, 4) is 11.8 Å². The average Bonchev–Trinajstić information content (AvgIpc) is 2.52. The predicted octanol–water partition coefficient (Wildman–Crippen LogP) is 3.37. The van der Waals surface area contributed by atoms with E-state index in [9.17, 15) is 27.6 Å². The van der Waals surface area contributed by atoms with Crippen LogP contribution in [0.4, 0.5) is 17.6 Å². The lowest BCUT2D eigenvalue weighted by molar-refractivity contribution is -0.274. The standard InChI is InChI=1S/C17H14F4N2O4/c1-3-25-16(24)13-8(2)26-15(23)12(7-22)14(13)9-4-10(18)6-11(5-9)27-17(19,20)21/h4-6,14H,3,23H2,1-2H3. The van der Waals surface area contributed by atoms with Gasteiger partial charge in [0.05, 0.1) is 18.1 Å². The number of halogens is 4. The number of esters is 1. The van der Waals surface area contributed by atoms with Gasteiger partial charge in [0, 0.05) is 6.07 Å². The van der Waals surface area contributed by atoms with E-state index in [0.717, 1.165) is 12.1 Å². The summed E-state index contributed by atoms with van der Waals surface area (Å²) in [4.78, 5) is 12.3. The first-order valence-electron chi connectivity index (χ1n) is 7.59. The molecule has 144 valence electrons. The Hall–Kier alpha value is -3.22. The number of nitriles is 1. The number of nitrogens with two attached hydrogens (primary N) is 1. The Morgan fingerprint density at radius 1 is 1.37 bits per heavy atom. The number of rotatable bonds is 4. The topological polar surface area (TPSA) is 94.6 Å². The van der Waals surface area contributed by atoms with E-state index >= 15 is 0 Å². The first-order chi connectivity index (χ1) is 12.6. The maximum atomic E-state index is 13.9. The molecule has 1 unspecified atom stereocenters. The van der Waals surface area contributed by atoms with Crippen molar-refractivity contribution in [3.63, 3.8) is 0 Å². The molecule has 1 aromatic rings. The quantitative estimate of drug-likeness (QED) is 0.630. The molecule has 0 saturated carbocycles. The maximum absolute atomic E-state index is 13.9. The number of benzene rings is 1. The molecule has 0 amide bonds. The van der Waals surface area contributed by atoms with E-state index in [-0.39, 0.29) is 35.0 Å². The third-order valence-corrected chi connectivity index (χ3v) is 3.56. The molecule has 1 heterocycles. The zero-order valence-electron chi connectivity index (χ0n) is 14.2. The SMILES string of the molecule is CCOC(=O)C1=C(C)OC(N)=C(C#N)C1c1cc(F)cc(OC(F)(F)F)c1. The predicted molar refractivity (Wildman–Crippen MR) is 83.1 cm³/mol. The first kappa shape index (κ1) is 20.1. The number of carbonyl (C=O) groups excluding carboxylic acids is 1. The largest absolute Gasteiger partial charge is 0.573 e. The fourth-order valence-electron chi connectivity index (χ4n) is 2.63. The first-order valence-corrected chi connectivity index (χ1v) is 7.59. The highest BCUT2D eigenvalue weighted by Gasteiger charge is 2.37. The number of hydrogen-bond acceptors (Lipinski definition) is 6. The molecule has 1 aliphatic rings. The Morgan fingerprint density at radius 3 is 2.59 bits per heavy atom. The molecule has 10 heteroatoms. The summed E-state index contributed by atoms with van der Waals surface area (Å²) >= 11 is 0. The molecular formula is C17H14F4N2O4. The zero-order valence-corrected chi connectivity index (χ0v) is 14.2. The molecule has 1 atom stereocenters. The van der Waals surface area contributed by atoms with Crippen LogP contribution >= 0.6 is 0 Å². The molecule has 0 spiro atoms. The van der Waals surface area contributed by atoms with Gasteiger partial charge in [-0.15, -0.1) is 13.2 Å². The molecule has 0 saturated heterocycles. The van der Waals surface area contributed by atoms with Crippen LogP contribution in [0.25, 0.3) is 0 Å². The molecule has 6 nitrogen and oxygen atoms in total. The van der Waals surface area contributed by atoms with Gasteiger partial charge in [0.1, 0.15) is 29.0 Å². The number of ether oxygens (including phenoxy) is 3. The smallest absolute Gasteiger partial charge is 0.463 e. The van der Waals surface area contributed by atoms with Crippen LogP contribution in [0.3, 0.4) is 0 Å². The van der Waals surface area contributed by atoms with Gasteiger partial charge in [-0.2, -0.15) is 5.26 Å². The summed E-state index contributed by atoms with van der Waals surface area (Å²) in [6.45, 7) is 2.90. The molecule has 0 aliphatic carbocycles. The molecule has 1 aliphatic heterocycles. The van der Waals surface area contributed by atoms with Crippen LogP contribution in [0.1, 0.15) is 25.3 Å². The second kappa shape index (κ2) is 7.57. The fraction of sp³-hybridized carbons (Fsp3) is 0.294. The van der Waals surface area contributed by atoms with Gasteiger partial charge in [0.15, 0.2) is 0 Å². The second-order valence-corrected chi connectivity index (χ2v) is 5.38.